The molecule has 4 heteroatoms. The predicted octanol–water partition coefficient (Wildman–Crippen LogP) is 3.70. The van der Waals surface area contributed by atoms with Gasteiger partial charge in [-0.05, 0) is 42.8 Å². The third kappa shape index (κ3) is 3.16. The normalized spacial score (nSPS) is 10.7. The monoisotopic (exact) mass is 280 g/mol. The second-order valence-corrected chi connectivity index (χ2v) is 5.05. The lowest BCUT2D eigenvalue weighted by molar-refractivity contribution is 0.654. The van der Waals surface area contributed by atoms with E-state index in [1.807, 2.05) is 23.0 Å². The summed E-state index contributed by atoms with van der Waals surface area (Å²) >= 11 is 0. The zero-order valence-electron chi connectivity index (χ0n) is 12.2. The first-order chi connectivity index (χ1) is 10.4. The average molecular weight is 280 g/mol. The number of rotatable bonds is 6. The van der Waals surface area contributed by atoms with Crippen LogP contribution in [0.5, 0.6) is 0 Å². The van der Waals surface area contributed by atoms with Crippen molar-refractivity contribution in [2.75, 3.05) is 5.32 Å². The molecule has 0 aliphatic carbocycles. The van der Waals surface area contributed by atoms with Crippen LogP contribution in [-0.2, 0) is 13.1 Å². The van der Waals surface area contributed by atoms with Crippen molar-refractivity contribution in [1.29, 1.82) is 0 Å². The first-order valence-corrected chi connectivity index (χ1v) is 7.35. The molecular weight excluding hydrogens is 260 g/mol. The molecule has 0 spiro atoms. The largest absolute Gasteiger partial charge is 0.379 e. The summed E-state index contributed by atoms with van der Waals surface area (Å²) < 4.78 is 4.16. The van der Waals surface area contributed by atoms with Gasteiger partial charge in [0, 0.05) is 36.5 Å². The zero-order chi connectivity index (χ0) is 14.5. The van der Waals surface area contributed by atoms with Gasteiger partial charge in [0.25, 0.3) is 0 Å². The van der Waals surface area contributed by atoms with Crippen molar-refractivity contribution >= 4 is 5.69 Å². The Morgan fingerprint density at radius 2 is 2.05 bits per heavy atom. The fourth-order valence-corrected chi connectivity index (χ4v) is 2.44. The van der Waals surface area contributed by atoms with Crippen molar-refractivity contribution in [2.45, 2.75) is 26.4 Å². The van der Waals surface area contributed by atoms with Gasteiger partial charge >= 0.3 is 0 Å². The quantitative estimate of drug-likeness (QED) is 0.747. The molecule has 0 radical (unpaired) electrons. The van der Waals surface area contributed by atoms with Crippen LogP contribution in [0, 0.1) is 0 Å². The summed E-state index contributed by atoms with van der Waals surface area (Å²) in [6, 6.07) is 14.5. The van der Waals surface area contributed by atoms with Crippen molar-refractivity contribution in [2.24, 2.45) is 0 Å². The molecule has 0 bridgehead atoms. The van der Waals surface area contributed by atoms with E-state index in [1.165, 1.54) is 5.69 Å². The second kappa shape index (κ2) is 6.31. The summed E-state index contributed by atoms with van der Waals surface area (Å²) in [5.41, 5.74) is 3.47. The Morgan fingerprint density at radius 3 is 2.86 bits per heavy atom. The molecular formula is C17H20N4. The van der Waals surface area contributed by atoms with Gasteiger partial charge in [-0.15, -0.1) is 0 Å². The smallest absolute Gasteiger partial charge is 0.0666 e. The number of nitrogens with one attached hydrogen (secondary N) is 1. The van der Waals surface area contributed by atoms with Crippen LogP contribution >= 0.6 is 0 Å². The maximum atomic E-state index is 4.26. The molecule has 4 nitrogen and oxygen atoms in total. The molecule has 3 rings (SSSR count). The molecule has 108 valence electrons. The third-order valence-electron chi connectivity index (χ3n) is 3.48. The van der Waals surface area contributed by atoms with Crippen molar-refractivity contribution in [3.05, 3.63) is 66.7 Å². The molecule has 3 aromatic rings. The second-order valence-electron chi connectivity index (χ2n) is 5.05. The predicted molar refractivity (Wildman–Crippen MR) is 85.6 cm³/mol. The van der Waals surface area contributed by atoms with Crippen LogP contribution in [0.3, 0.4) is 0 Å². The average Bonchev–Trinajstić information content (AvgIpc) is 3.18. The van der Waals surface area contributed by atoms with Gasteiger partial charge in [0.05, 0.1) is 12.2 Å². The summed E-state index contributed by atoms with van der Waals surface area (Å²) in [4.78, 5) is 0. The maximum Gasteiger partial charge on any atom is 0.0666 e. The van der Waals surface area contributed by atoms with Gasteiger partial charge in [-0.1, -0.05) is 13.0 Å². The fraction of sp³-hybridized carbons (Fsp3) is 0.235. The van der Waals surface area contributed by atoms with E-state index in [0.29, 0.717) is 0 Å². The van der Waals surface area contributed by atoms with Gasteiger partial charge in [0.15, 0.2) is 0 Å². The molecule has 1 aromatic carbocycles. The van der Waals surface area contributed by atoms with E-state index in [-0.39, 0.29) is 0 Å². The summed E-state index contributed by atoms with van der Waals surface area (Å²) in [5.74, 6) is 0. The van der Waals surface area contributed by atoms with E-state index in [0.717, 1.165) is 30.9 Å². The Labute approximate surface area is 125 Å². The lowest BCUT2D eigenvalue weighted by Gasteiger charge is -2.11. The van der Waals surface area contributed by atoms with Crippen molar-refractivity contribution in [3.63, 3.8) is 0 Å². The minimum Gasteiger partial charge on any atom is -0.379 e. The Kier molecular flexibility index (Phi) is 4.05. The summed E-state index contributed by atoms with van der Waals surface area (Å²) in [6.07, 6.45) is 7.03. The molecule has 1 N–H and O–H groups in total. The van der Waals surface area contributed by atoms with Crippen LogP contribution in [-0.4, -0.2) is 14.3 Å². The molecule has 0 fully saturated rings. The van der Waals surface area contributed by atoms with E-state index >= 15 is 0 Å². The highest BCUT2D eigenvalue weighted by Crippen LogP contribution is 2.15. The molecule has 0 saturated heterocycles. The number of hydrogen-bond donors (Lipinski definition) is 1. The Hall–Kier alpha value is -2.49. The molecule has 2 aromatic heterocycles. The third-order valence-corrected chi connectivity index (χ3v) is 3.48. The molecule has 0 atom stereocenters. The maximum absolute atomic E-state index is 4.26. The van der Waals surface area contributed by atoms with Gasteiger partial charge in [0.2, 0.25) is 0 Å². The molecule has 0 amide bonds. The Bertz CT molecular complexity index is 682. The van der Waals surface area contributed by atoms with Gasteiger partial charge in [0.1, 0.15) is 0 Å². The van der Waals surface area contributed by atoms with Gasteiger partial charge in [-0.25, -0.2) is 4.68 Å². The zero-order valence-corrected chi connectivity index (χ0v) is 12.2. The number of benzene rings is 1. The number of hydrogen-bond acceptors (Lipinski definition) is 2. The van der Waals surface area contributed by atoms with E-state index < -0.39 is 0 Å². The molecule has 0 aliphatic rings. The van der Waals surface area contributed by atoms with Crippen molar-refractivity contribution in [3.8, 4) is 5.69 Å². The highest BCUT2D eigenvalue weighted by atomic mass is 15.3. The van der Waals surface area contributed by atoms with E-state index in [9.17, 15) is 0 Å². The van der Waals surface area contributed by atoms with Gasteiger partial charge in [-0.2, -0.15) is 5.10 Å². The lowest BCUT2D eigenvalue weighted by atomic mass is 10.2. The standard InChI is InChI=1S/C17H20N4/c1-2-10-20-11-4-8-17(20)14-18-15-6-3-7-16(13-15)21-12-5-9-19-21/h3-9,11-13,18H,2,10,14H2,1H3. The van der Waals surface area contributed by atoms with E-state index in [4.69, 9.17) is 0 Å². The lowest BCUT2D eigenvalue weighted by Crippen LogP contribution is -2.07. The topological polar surface area (TPSA) is 34.8 Å². The van der Waals surface area contributed by atoms with Crippen LogP contribution in [0.2, 0.25) is 0 Å². The van der Waals surface area contributed by atoms with E-state index in [2.05, 4.69) is 58.4 Å². The Balaban J connectivity index is 1.71. The Morgan fingerprint density at radius 1 is 1.10 bits per heavy atom. The van der Waals surface area contributed by atoms with Crippen molar-refractivity contribution in [1.82, 2.24) is 14.3 Å². The minimum atomic E-state index is 0.829. The summed E-state index contributed by atoms with van der Waals surface area (Å²) in [6.45, 7) is 4.09. The highest BCUT2D eigenvalue weighted by molar-refractivity contribution is 5.51. The highest BCUT2D eigenvalue weighted by Gasteiger charge is 2.01. The van der Waals surface area contributed by atoms with Gasteiger partial charge in [-0.3, -0.25) is 0 Å². The van der Waals surface area contributed by atoms with Crippen LogP contribution in [0.25, 0.3) is 5.69 Å². The van der Waals surface area contributed by atoms with Crippen LogP contribution in [0.4, 0.5) is 5.69 Å². The number of anilines is 1. The first-order valence-electron chi connectivity index (χ1n) is 7.35. The number of nitrogens with zero attached hydrogens (tertiary/aromatic N) is 3. The van der Waals surface area contributed by atoms with Crippen LogP contribution in [0.15, 0.2) is 61.1 Å². The molecule has 0 aliphatic heterocycles. The molecule has 2 heterocycles. The first kappa shape index (κ1) is 13.5. The summed E-state index contributed by atoms with van der Waals surface area (Å²) in [7, 11) is 0. The van der Waals surface area contributed by atoms with Crippen LogP contribution in [0.1, 0.15) is 19.0 Å². The minimum absolute atomic E-state index is 0.829. The van der Waals surface area contributed by atoms with E-state index in [1.54, 1.807) is 6.20 Å². The van der Waals surface area contributed by atoms with Crippen molar-refractivity contribution < 1.29 is 0 Å². The fourth-order valence-electron chi connectivity index (χ4n) is 2.44. The number of aryl methyl sites for hydroxylation is 1. The summed E-state index contributed by atoms with van der Waals surface area (Å²) in [5, 5.41) is 7.75. The number of aromatic nitrogens is 3. The SMILES string of the molecule is CCCn1cccc1CNc1cccc(-n2cccn2)c1. The molecule has 0 unspecified atom stereocenters. The van der Waals surface area contributed by atoms with Gasteiger partial charge < -0.3 is 9.88 Å². The molecule has 21 heavy (non-hydrogen) atoms. The van der Waals surface area contributed by atoms with Crippen LogP contribution < -0.4 is 5.32 Å². The molecule has 0 saturated carbocycles.